The van der Waals surface area contributed by atoms with Crippen LogP contribution in [0.5, 0.6) is 5.75 Å². The molecule has 0 saturated carbocycles. The molecule has 3 nitrogen and oxygen atoms in total. The van der Waals surface area contributed by atoms with E-state index in [1.165, 1.54) is 12.0 Å². The number of methoxy groups -OCH3 is 1. The van der Waals surface area contributed by atoms with Crippen LogP contribution in [-0.4, -0.2) is 38.7 Å². The third-order valence-electron chi connectivity index (χ3n) is 3.79. The summed E-state index contributed by atoms with van der Waals surface area (Å²) in [6.07, 6.45) is 1.26. The summed E-state index contributed by atoms with van der Waals surface area (Å²) in [6.45, 7) is 6.65. The van der Waals surface area contributed by atoms with Gasteiger partial charge in [-0.25, -0.2) is 0 Å². The molecule has 1 atom stereocenters. The number of nitrogens with zero attached hydrogens (tertiary/aromatic N) is 1. The van der Waals surface area contributed by atoms with Crippen LogP contribution < -0.4 is 10.1 Å². The summed E-state index contributed by atoms with van der Waals surface area (Å²) < 4.78 is 6.54. The lowest BCUT2D eigenvalue weighted by Crippen LogP contribution is -2.34. The normalized spacial score (nSPS) is 23.0. The van der Waals surface area contributed by atoms with E-state index in [1.807, 2.05) is 12.1 Å². The molecule has 4 heteroatoms. The molecule has 1 aromatic rings. The fourth-order valence-corrected chi connectivity index (χ4v) is 3.28. The lowest BCUT2D eigenvalue weighted by Gasteiger charge is -2.29. The standard InChI is InChI=1S/C15H23BrN2O/c1-15(6-7-17-10-15)11-18(2)9-12-8-13(16)4-5-14(12)19-3/h4-5,8,17H,6-7,9-11H2,1-3H3. The predicted octanol–water partition coefficient (Wildman–Crippen LogP) is 2.89. The number of ether oxygens (including phenoxy) is 1. The van der Waals surface area contributed by atoms with Crippen molar-refractivity contribution in [2.75, 3.05) is 33.8 Å². The minimum Gasteiger partial charge on any atom is -0.496 e. The average molecular weight is 327 g/mol. The van der Waals surface area contributed by atoms with Gasteiger partial charge in [0.1, 0.15) is 5.75 Å². The van der Waals surface area contributed by atoms with Gasteiger partial charge in [-0.2, -0.15) is 0 Å². The van der Waals surface area contributed by atoms with Crippen LogP contribution in [0.25, 0.3) is 0 Å². The van der Waals surface area contributed by atoms with Crippen LogP contribution >= 0.6 is 15.9 Å². The highest BCUT2D eigenvalue weighted by Gasteiger charge is 2.29. The summed E-state index contributed by atoms with van der Waals surface area (Å²) >= 11 is 3.53. The SMILES string of the molecule is COc1ccc(Br)cc1CN(C)CC1(C)CCNC1. The van der Waals surface area contributed by atoms with Gasteiger partial charge in [0.05, 0.1) is 7.11 Å². The maximum absolute atomic E-state index is 5.44. The largest absolute Gasteiger partial charge is 0.496 e. The molecule has 1 aliphatic heterocycles. The van der Waals surface area contributed by atoms with Gasteiger partial charge in [-0.15, -0.1) is 0 Å². The zero-order valence-corrected chi connectivity index (χ0v) is 13.6. The Morgan fingerprint density at radius 2 is 2.26 bits per heavy atom. The van der Waals surface area contributed by atoms with E-state index in [9.17, 15) is 0 Å². The van der Waals surface area contributed by atoms with Crippen LogP contribution in [0.4, 0.5) is 0 Å². The first-order valence-electron chi connectivity index (χ1n) is 6.74. The minimum absolute atomic E-state index is 0.397. The molecular formula is C15H23BrN2O. The van der Waals surface area contributed by atoms with Crippen LogP contribution in [0.3, 0.4) is 0 Å². The van der Waals surface area contributed by atoms with Gasteiger partial charge in [0.15, 0.2) is 0 Å². The highest BCUT2D eigenvalue weighted by Crippen LogP contribution is 2.28. The Balaban J connectivity index is 2.02. The molecule has 0 aromatic heterocycles. The van der Waals surface area contributed by atoms with Crippen LogP contribution in [0.2, 0.25) is 0 Å². The Hall–Kier alpha value is -0.580. The molecule has 1 aromatic carbocycles. The van der Waals surface area contributed by atoms with Crippen LogP contribution in [0, 0.1) is 5.41 Å². The molecule has 106 valence electrons. The highest BCUT2D eigenvalue weighted by atomic mass is 79.9. The molecule has 0 aliphatic carbocycles. The monoisotopic (exact) mass is 326 g/mol. The lowest BCUT2D eigenvalue weighted by atomic mass is 9.89. The van der Waals surface area contributed by atoms with Crippen molar-refractivity contribution in [3.05, 3.63) is 28.2 Å². The van der Waals surface area contributed by atoms with Gasteiger partial charge in [-0.05, 0) is 43.6 Å². The first-order chi connectivity index (χ1) is 9.02. The van der Waals surface area contributed by atoms with E-state index in [0.29, 0.717) is 5.41 Å². The van der Waals surface area contributed by atoms with Gasteiger partial charge < -0.3 is 15.0 Å². The van der Waals surface area contributed by atoms with Crippen molar-refractivity contribution in [2.24, 2.45) is 5.41 Å². The Labute approximate surface area is 124 Å². The minimum atomic E-state index is 0.397. The van der Waals surface area contributed by atoms with E-state index < -0.39 is 0 Å². The molecule has 0 amide bonds. The second-order valence-electron chi connectivity index (χ2n) is 5.87. The average Bonchev–Trinajstić information content (AvgIpc) is 2.75. The quantitative estimate of drug-likeness (QED) is 0.900. The topological polar surface area (TPSA) is 24.5 Å². The zero-order chi connectivity index (χ0) is 13.9. The van der Waals surface area contributed by atoms with E-state index in [-0.39, 0.29) is 0 Å². The molecule has 0 bridgehead atoms. The van der Waals surface area contributed by atoms with Crippen molar-refractivity contribution >= 4 is 15.9 Å². The van der Waals surface area contributed by atoms with E-state index in [2.05, 4.69) is 46.2 Å². The van der Waals surface area contributed by atoms with Crippen LogP contribution in [0.15, 0.2) is 22.7 Å². The summed E-state index contributed by atoms with van der Waals surface area (Å²) in [5.41, 5.74) is 1.63. The molecule has 2 rings (SSSR count). The third kappa shape index (κ3) is 3.94. The number of hydrogen-bond acceptors (Lipinski definition) is 3. The molecule has 1 heterocycles. The first-order valence-corrected chi connectivity index (χ1v) is 7.53. The second-order valence-corrected chi connectivity index (χ2v) is 6.78. The summed E-state index contributed by atoms with van der Waals surface area (Å²) in [7, 11) is 3.92. The van der Waals surface area contributed by atoms with Gasteiger partial charge in [0, 0.05) is 29.7 Å². The lowest BCUT2D eigenvalue weighted by molar-refractivity contribution is 0.201. The maximum atomic E-state index is 5.44. The highest BCUT2D eigenvalue weighted by molar-refractivity contribution is 9.10. The van der Waals surface area contributed by atoms with E-state index in [0.717, 1.165) is 36.4 Å². The van der Waals surface area contributed by atoms with Gasteiger partial charge in [0.2, 0.25) is 0 Å². The van der Waals surface area contributed by atoms with Crippen molar-refractivity contribution in [2.45, 2.75) is 19.9 Å². The Bertz CT molecular complexity index is 430. The molecule has 1 aliphatic rings. The van der Waals surface area contributed by atoms with Crippen molar-refractivity contribution in [1.82, 2.24) is 10.2 Å². The smallest absolute Gasteiger partial charge is 0.123 e. The maximum Gasteiger partial charge on any atom is 0.123 e. The Morgan fingerprint density at radius 1 is 1.47 bits per heavy atom. The van der Waals surface area contributed by atoms with E-state index in [1.54, 1.807) is 7.11 Å². The van der Waals surface area contributed by atoms with Gasteiger partial charge in [-0.3, -0.25) is 0 Å². The summed E-state index contributed by atoms with van der Waals surface area (Å²) in [4.78, 5) is 2.39. The molecule has 0 spiro atoms. The van der Waals surface area contributed by atoms with Crippen molar-refractivity contribution in [3.63, 3.8) is 0 Å². The summed E-state index contributed by atoms with van der Waals surface area (Å²) in [5.74, 6) is 0.963. The third-order valence-corrected chi connectivity index (χ3v) is 4.28. The predicted molar refractivity (Wildman–Crippen MR) is 82.6 cm³/mol. The fourth-order valence-electron chi connectivity index (χ4n) is 2.87. The van der Waals surface area contributed by atoms with Crippen molar-refractivity contribution in [1.29, 1.82) is 0 Å². The molecule has 19 heavy (non-hydrogen) atoms. The molecule has 1 unspecified atom stereocenters. The molecule has 1 saturated heterocycles. The number of halogens is 1. The van der Waals surface area contributed by atoms with E-state index in [4.69, 9.17) is 4.74 Å². The molecule has 0 radical (unpaired) electrons. The fraction of sp³-hybridized carbons (Fsp3) is 0.600. The van der Waals surface area contributed by atoms with Gasteiger partial charge in [0.25, 0.3) is 0 Å². The number of rotatable bonds is 5. The molecular weight excluding hydrogens is 304 g/mol. The summed E-state index contributed by atoms with van der Waals surface area (Å²) in [6, 6.07) is 6.18. The second kappa shape index (κ2) is 6.25. The molecule has 1 fully saturated rings. The first kappa shape index (κ1) is 14.8. The van der Waals surface area contributed by atoms with Crippen molar-refractivity contribution < 1.29 is 4.74 Å². The van der Waals surface area contributed by atoms with Crippen molar-refractivity contribution in [3.8, 4) is 5.75 Å². The Kier molecular flexibility index (Phi) is 4.87. The van der Waals surface area contributed by atoms with Gasteiger partial charge in [-0.1, -0.05) is 22.9 Å². The number of hydrogen-bond donors (Lipinski definition) is 1. The number of nitrogens with one attached hydrogen (secondary N) is 1. The zero-order valence-electron chi connectivity index (χ0n) is 12.0. The van der Waals surface area contributed by atoms with Gasteiger partial charge >= 0.3 is 0 Å². The Morgan fingerprint density at radius 3 is 2.89 bits per heavy atom. The van der Waals surface area contributed by atoms with E-state index >= 15 is 0 Å². The number of benzene rings is 1. The van der Waals surface area contributed by atoms with Crippen LogP contribution in [0.1, 0.15) is 18.9 Å². The summed E-state index contributed by atoms with van der Waals surface area (Å²) in [5, 5.41) is 3.45. The van der Waals surface area contributed by atoms with Crippen LogP contribution in [-0.2, 0) is 6.54 Å². The molecule has 1 N–H and O–H groups in total.